The maximum atomic E-state index is 6.38. The van der Waals surface area contributed by atoms with Gasteiger partial charge in [0.1, 0.15) is 5.82 Å². The van der Waals surface area contributed by atoms with Crippen LogP contribution in [-0.2, 0) is 9.31 Å². The summed E-state index contributed by atoms with van der Waals surface area (Å²) in [5.41, 5.74) is 9.30. The van der Waals surface area contributed by atoms with Crippen LogP contribution in [-0.4, -0.2) is 27.9 Å². The number of rotatable bonds is 5. The Balaban J connectivity index is 1.12. The molecule has 10 rings (SSSR count). The van der Waals surface area contributed by atoms with Crippen LogP contribution >= 0.6 is 0 Å². The first-order valence-electron chi connectivity index (χ1n) is 18.7. The highest BCUT2D eigenvalue weighted by Gasteiger charge is 2.51. The SMILES string of the molecule is CC1(C)OB(c2ccc3cc(-c4c5ccccc5c(-c5cccc(-c6nc7ccccc7n6-c6ccccc6)c5)c5ccccc45)ccc3c2)OC1(C)C. The van der Waals surface area contributed by atoms with Gasteiger partial charge in [-0.25, -0.2) is 4.98 Å². The standard InChI is InChI=1S/C49H39BN2O2/c1-48(2)49(3,4)54-50(53-48)37-28-27-32-29-35(26-25-33(32)31-37)46-41-21-10-8-19-39(41)45(40-20-9-11-22-42(40)46)34-15-14-16-36(30-34)47-51-43-23-12-13-24-44(43)52(47)38-17-6-5-7-18-38/h5-31H,1-4H3. The third-order valence-corrected chi connectivity index (χ3v) is 11.6. The fourth-order valence-electron chi connectivity index (χ4n) is 8.17. The molecule has 0 bridgehead atoms. The topological polar surface area (TPSA) is 36.3 Å². The van der Waals surface area contributed by atoms with E-state index in [2.05, 4.69) is 196 Å². The van der Waals surface area contributed by atoms with Crippen molar-refractivity contribution in [2.24, 2.45) is 0 Å². The molecule has 9 aromatic rings. The van der Waals surface area contributed by atoms with Crippen molar-refractivity contribution < 1.29 is 9.31 Å². The molecule has 5 heteroatoms. The highest BCUT2D eigenvalue weighted by Crippen LogP contribution is 2.45. The van der Waals surface area contributed by atoms with Gasteiger partial charge in [-0.3, -0.25) is 4.57 Å². The van der Waals surface area contributed by atoms with Crippen molar-refractivity contribution in [2.45, 2.75) is 38.9 Å². The molecule has 1 aliphatic heterocycles. The van der Waals surface area contributed by atoms with Gasteiger partial charge in [0, 0.05) is 11.3 Å². The van der Waals surface area contributed by atoms with Gasteiger partial charge in [0.25, 0.3) is 0 Å². The summed E-state index contributed by atoms with van der Waals surface area (Å²) in [7, 11) is -0.393. The summed E-state index contributed by atoms with van der Waals surface area (Å²) in [6.07, 6.45) is 0. The number of para-hydroxylation sites is 3. The molecule has 0 aliphatic carbocycles. The number of benzene rings is 8. The summed E-state index contributed by atoms with van der Waals surface area (Å²) in [5, 5.41) is 7.23. The number of aromatic nitrogens is 2. The monoisotopic (exact) mass is 698 g/mol. The lowest BCUT2D eigenvalue weighted by molar-refractivity contribution is 0.00578. The molecule has 2 heterocycles. The van der Waals surface area contributed by atoms with E-state index in [1.54, 1.807) is 0 Å². The highest BCUT2D eigenvalue weighted by atomic mass is 16.7. The third kappa shape index (κ3) is 5.19. The summed E-state index contributed by atoms with van der Waals surface area (Å²) >= 11 is 0. The Labute approximate surface area is 315 Å². The first-order chi connectivity index (χ1) is 26.3. The van der Waals surface area contributed by atoms with Crippen molar-refractivity contribution in [2.75, 3.05) is 0 Å². The van der Waals surface area contributed by atoms with Gasteiger partial charge in [0.2, 0.25) is 0 Å². The fraction of sp³-hybridized carbons (Fsp3) is 0.122. The van der Waals surface area contributed by atoms with Crippen molar-refractivity contribution in [3.63, 3.8) is 0 Å². The zero-order chi connectivity index (χ0) is 36.6. The third-order valence-electron chi connectivity index (χ3n) is 11.6. The van der Waals surface area contributed by atoms with Gasteiger partial charge in [-0.2, -0.15) is 0 Å². The molecule has 1 saturated heterocycles. The molecule has 54 heavy (non-hydrogen) atoms. The van der Waals surface area contributed by atoms with Gasteiger partial charge in [-0.05, 0) is 124 Å². The van der Waals surface area contributed by atoms with Crippen molar-refractivity contribution in [3.8, 4) is 39.3 Å². The van der Waals surface area contributed by atoms with E-state index in [4.69, 9.17) is 14.3 Å². The van der Waals surface area contributed by atoms with Crippen LogP contribution in [0.5, 0.6) is 0 Å². The lowest BCUT2D eigenvalue weighted by Crippen LogP contribution is -2.41. The first kappa shape index (κ1) is 32.6. The Morgan fingerprint density at radius 3 is 1.69 bits per heavy atom. The van der Waals surface area contributed by atoms with Gasteiger partial charge in [-0.1, -0.05) is 127 Å². The average molecular weight is 699 g/mol. The Kier molecular flexibility index (Phi) is 7.42. The zero-order valence-corrected chi connectivity index (χ0v) is 30.9. The van der Waals surface area contributed by atoms with E-state index >= 15 is 0 Å². The van der Waals surface area contributed by atoms with Crippen LogP contribution in [0.4, 0.5) is 0 Å². The largest absolute Gasteiger partial charge is 0.494 e. The summed E-state index contributed by atoms with van der Waals surface area (Å²) in [6, 6.07) is 58.8. The van der Waals surface area contributed by atoms with Crippen molar-refractivity contribution in [3.05, 3.63) is 164 Å². The minimum Gasteiger partial charge on any atom is -0.399 e. The molecular weight excluding hydrogens is 659 g/mol. The smallest absolute Gasteiger partial charge is 0.399 e. The van der Waals surface area contributed by atoms with Gasteiger partial charge in [-0.15, -0.1) is 0 Å². The van der Waals surface area contributed by atoms with Crippen LogP contribution in [0.3, 0.4) is 0 Å². The summed E-state index contributed by atoms with van der Waals surface area (Å²) in [5.74, 6) is 0.923. The van der Waals surface area contributed by atoms with E-state index in [0.717, 1.165) is 44.5 Å². The van der Waals surface area contributed by atoms with Crippen LogP contribution in [0.15, 0.2) is 164 Å². The van der Waals surface area contributed by atoms with E-state index in [9.17, 15) is 0 Å². The van der Waals surface area contributed by atoms with Gasteiger partial charge in [0.05, 0.1) is 22.2 Å². The second-order valence-corrected chi connectivity index (χ2v) is 15.4. The molecule has 1 aliphatic rings. The van der Waals surface area contributed by atoms with Gasteiger partial charge < -0.3 is 9.31 Å². The molecule has 0 radical (unpaired) electrons. The molecule has 4 nitrogen and oxygen atoms in total. The molecule has 0 spiro atoms. The Hall–Kier alpha value is -6.01. The minimum absolute atomic E-state index is 0.384. The molecule has 1 fully saturated rings. The summed E-state index contributed by atoms with van der Waals surface area (Å²) in [4.78, 5) is 5.19. The Morgan fingerprint density at radius 2 is 1.02 bits per heavy atom. The second kappa shape index (κ2) is 12.3. The molecule has 1 aromatic heterocycles. The molecule has 0 saturated carbocycles. The maximum Gasteiger partial charge on any atom is 0.494 e. The summed E-state index contributed by atoms with van der Waals surface area (Å²) in [6.45, 7) is 8.39. The van der Waals surface area contributed by atoms with E-state index in [1.165, 1.54) is 43.6 Å². The number of nitrogens with zero attached hydrogens (tertiary/aromatic N) is 2. The predicted molar refractivity (Wildman–Crippen MR) is 226 cm³/mol. The Bertz CT molecular complexity index is 2840. The lowest BCUT2D eigenvalue weighted by Gasteiger charge is -2.32. The van der Waals surface area contributed by atoms with Crippen LogP contribution < -0.4 is 5.46 Å². The van der Waals surface area contributed by atoms with Crippen molar-refractivity contribution in [1.82, 2.24) is 9.55 Å². The molecular formula is C49H39BN2O2. The molecule has 260 valence electrons. The Morgan fingerprint density at radius 1 is 0.481 bits per heavy atom. The van der Waals surface area contributed by atoms with Crippen LogP contribution in [0.25, 0.3) is 82.7 Å². The number of hydrogen-bond donors (Lipinski definition) is 0. The normalized spacial score (nSPS) is 15.1. The van der Waals surface area contributed by atoms with Gasteiger partial charge in [0.15, 0.2) is 0 Å². The molecule has 0 unspecified atom stereocenters. The number of imidazole rings is 1. The van der Waals surface area contributed by atoms with Crippen molar-refractivity contribution >= 4 is 55.9 Å². The molecule has 0 N–H and O–H groups in total. The average Bonchev–Trinajstić information content (AvgIpc) is 3.69. The van der Waals surface area contributed by atoms with Crippen molar-refractivity contribution in [1.29, 1.82) is 0 Å². The highest BCUT2D eigenvalue weighted by molar-refractivity contribution is 6.62. The lowest BCUT2D eigenvalue weighted by atomic mass is 9.78. The van der Waals surface area contributed by atoms with Crippen LogP contribution in [0.2, 0.25) is 0 Å². The molecule has 0 atom stereocenters. The maximum absolute atomic E-state index is 6.38. The predicted octanol–water partition coefficient (Wildman–Crippen LogP) is 11.8. The minimum atomic E-state index is -0.393. The first-order valence-corrected chi connectivity index (χ1v) is 18.7. The quantitative estimate of drug-likeness (QED) is 0.133. The zero-order valence-electron chi connectivity index (χ0n) is 30.9. The number of hydrogen-bond acceptors (Lipinski definition) is 3. The van der Waals surface area contributed by atoms with E-state index < -0.39 is 7.12 Å². The van der Waals surface area contributed by atoms with E-state index in [1.807, 2.05) is 0 Å². The molecule has 0 amide bonds. The fourth-order valence-corrected chi connectivity index (χ4v) is 8.17. The van der Waals surface area contributed by atoms with Crippen LogP contribution in [0.1, 0.15) is 27.7 Å². The summed E-state index contributed by atoms with van der Waals surface area (Å²) < 4.78 is 15.0. The molecule has 8 aromatic carbocycles. The second-order valence-electron chi connectivity index (χ2n) is 15.4. The van der Waals surface area contributed by atoms with E-state index in [0.29, 0.717) is 0 Å². The van der Waals surface area contributed by atoms with Crippen LogP contribution in [0, 0.1) is 0 Å². The van der Waals surface area contributed by atoms with E-state index in [-0.39, 0.29) is 11.2 Å². The number of fused-ring (bicyclic) bond motifs is 4. The van der Waals surface area contributed by atoms with Gasteiger partial charge >= 0.3 is 7.12 Å².